The van der Waals surface area contributed by atoms with Crippen molar-refractivity contribution in [3.63, 3.8) is 0 Å². The molecule has 0 saturated carbocycles. The number of benzene rings is 2. The lowest BCUT2D eigenvalue weighted by molar-refractivity contribution is 0.0950. The molecule has 1 heterocycles. The summed E-state index contributed by atoms with van der Waals surface area (Å²) >= 11 is 6.01. The van der Waals surface area contributed by atoms with Crippen molar-refractivity contribution in [3.8, 4) is 11.3 Å². The minimum atomic E-state index is -0.372. The molecule has 2 N–H and O–H groups in total. The molecule has 5 nitrogen and oxygen atoms in total. The van der Waals surface area contributed by atoms with Crippen LogP contribution in [0, 0.1) is 0 Å². The van der Waals surface area contributed by atoms with E-state index >= 15 is 0 Å². The molecule has 0 spiro atoms. The van der Waals surface area contributed by atoms with Crippen LogP contribution in [0.3, 0.4) is 0 Å². The average Bonchev–Trinajstić information content (AvgIpc) is 3.07. The quantitative estimate of drug-likeness (QED) is 0.569. The first-order chi connectivity index (χ1) is 11.2. The SMILES string of the molecule is O=C(NN=Cc1ccccc1Cl)c1cc(-c2ccccc2)n[nH]1. The number of nitrogens with zero attached hydrogens (tertiary/aromatic N) is 2. The number of aromatic amines is 1. The van der Waals surface area contributed by atoms with Gasteiger partial charge in [0.15, 0.2) is 0 Å². The molecule has 114 valence electrons. The minimum absolute atomic E-state index is 0.333. The largest absolute Gasteiger partial charge is 0.289 e. The number of aromatic nitrogens is 2. The van der Waals surface area contributed by atoms with Crippen LogP contribution in [0.25, 0.3) is 11.3 Å². The highest BCUT2D eigenvalue weighted by Crippen LogP contribution is 2.16. The molecule has 0 aliphatic rings. The molecule has 0 fully saturated rings. The fraction of sp³-hybridized carbons (Fsp3) is 0. The zero-order chi connectivity index (χ0) is 16.1. The van der Waals surface area contributed by atoms with Gasteiger partial charge < -0.3 is 0 Å². The van der Waals surface area contributed by atoms with E-state index in [9.17, 15) is 4.79 Å². The fourth-order valence-electron chi connectivity index (χ4n) is 2.00. The topological polar surface area (TPSA) is 70.1 Å². The van der Waals surface area contributed by atoms with Crippen molar-refractivity contribution >= 4 is 23.7 Å². The van der Waals surface area contributed by atoms with Gasteiger partial charge in [0.25, 0.3) is 5.91 Å². The Kier molecular flexibility index (Phi) is 4.49. The number of carbonyl (C=O) groups excluding carboxylic acids is 1. The zero-order valence-electron chi connectivity index (χ0n) is 12.0. The van der Waals surface area contributed by atoms with Crippen molar-refractivity contribution in [2.45, 2.75) is 0 Å². The number of H-pyrrole nitrogens is 1. The summed E-state index contributed by atoms with van der Waals surface area (Å²) < 4.78 is 0. The standard InChI is InChI=1S/C17H13ClN4O/c18-14-9-5-4-8-13(14)11-19-22-17(23)16-10-15(20-21-16)12-6-2-1-3-7-12/h1-11H,(H,20,21)(H,22,23). The van der Waals surface area contributed by atoms with Gasteiger partial charge in [-0.15, -0.1) is 0 Å². The van der Waals surface area contributed by atoms with Crippen molar-refractivity contribution in [1.82, 2.24) is 15.6 Å². The molecule has 6 heteroatoms. The summed E-state index contributed by atoms with van der Waals surface area (Å²) in [7, 11) is 0. The van der Waals surface area contributed by atoms with E-state index < -0.39 is 0 Å². The molecular weight excluding hydrogens is 312 g/mol. The molecule has 2 aromatic carbocycles. The Hall–Kier alpha value is -2.92. The highest BCUT2D eigenvalue weighted by atomic mass is 35.5. The summed E-state index contributed by atoms with van der Waals surface area (Å²) in [5.74, 6) is -0.372. The third-order valence-electron chi connectivity index (χ3n) is 3.17. The average molecular weight is 325 g/mol. The van der Waals surface area contributed by atoms with Gasteiger partial charge in [0.1, 0.15) is 5.69 Å². The maximum atomic E-state index is 12.0. The van der Waals surface area contributed by atoms with Crippen molar-refractivity contribution in [2.75, 3.05) is 0 Å². The maximum absolute atomic E-state index is 12.0. The Labute approximate surface area is 138 Å². The maximum Gasteiger partial charge on any atom is 0.289 e. The van der Waals surface area contributed by atoms with Crippen LogP contribution in [-0.2, 0) is 0 Å². The van der Waals surface area contributed by atoms with Gasteiger partial charge in [-0.25, -0.2) is 5.43 Å². The molecule has 0 bridgehead atoms. The highest BCUT2D eigenvalue weighted by molar-refractivity contribution is 6.33. The minimum Gasteiger partial charge on any atom is -0.272 e. The van der Waals surface area contributed by atoms with E-state index in [1.807, 2.05) is 48.5 Å². The number of hydrogen-bond donors (Lipinski definition) is 2. The van der Waals surface area contributed by atoms with E-state index in [0.29, 0.717) is 16.4 Å². The number of nitrogens with one attached hydrogen (secondary N) is 2. The second kappa shape index (κ2) is 6.89. The molecule has 1 aromatic heterocycles. The molecule has 0 unspecified atom stereocenters. The Balaban J connectivity index is 1.68. The molecule has 23 heavy (non-hydrogen) atoms. The van der Waals surface area contributed by atoms with Crippen LogP contribution in [0.15, 0.2) is 65.8 Å². The van der Waals surface area contributed by atoms with Crippen LogP contribution < -0.4 is 5.43 Å². The van der Waals surface area contributed by atoms with E-state index in [0.717, 1.165) is 11.1 Å². The van der Waals surface area contributed by atoms with Crippen molar-refractivity contribution in [3.05, 3.63) is 76.9 Å². The molecule has 0 atom stereocenters. The zero-order valence-corrected chi connectivity index (χ0v) is 12.8. The van der Waals surface area contributed by atoms with Crippen LogP contribution in [0.5, 0.6) is 0 Å². The monoisotopic (exact) mass is 324 g/mol. The first kappa shape index (κ1) is 15.0. The van der Waals surface area contributed by atoms with E-state index in [2.05, 4.69) is 20.7 Å². The van der Waals surface area contributed by atoms with Gasteiger partial charge in [0.05, 0.1) is 11.9 Å². The number of hydrogen-bond acceptors (Lipinski definition) is 3. The van der Waals surface area contributed by atoms with Gasteiger partial charge in [0, 0.05) is 16.1 Å². The van der Waals surface area contributed by atoms with Crippen LogP contribution in [-0.4, -0.2) is 22.3 Å². The summed E-state index contributed by atoms with van der Waals surface area (Å²) in [6.45, 7) is 0. The van der Waals surface area contributed by atoms with Gasteiger partial charge in [-0.3, -0.25) is 9.89 Å². The third-order valence-corrected chi connectivity index (χ3v) is 3.51. The predicted octanol–water partition coefficient (Wildman–Crippen LogP) is 3.49. The first-order valence-corrected chi connectivity index (χ1v) is 7.30. The number of carbonyl (C=O) groups is 1. The van der Waals surface area contributed by atoms with Gasteiger partial charge in [-0.2, -0.15) is 10.2 Å². The second-order valence-corrected chi connectivity index (χ2v) is 5.16. The predicted molar refractivity (Wildman–Crippen MR) is 90.5 cm³/mol. The Morgan fingerprint density at radius 2 is 1.87 bits per heavy atom. The molecule has 0 radical (unpaired) electrons. The number of hydrazone groups is 1. The first-order valence-electron chi connectivity index (χ1n) is 6.93. The number of amides is 1. The Bertz CT molecular complexity index is 843. The lowest BCUT2D eigenvalue weighted by Gasteiger charge is -1.97. The van der Waals surface area contributed by atoms with Crippen LogP contribution in [0.4, 0.5) is 0 Å². The molecule has 0 saturated heterocycles. The van der Waals surface area contributed by atoms with E-state index in [1.54, 1.807) is 12.1 Å². The van der Waals surface area contributed by atoms with E-state index in [-0.39, 0.29) is 5.91 Å². The van der Waals surface area contributed by atoms with Gasteiger partial charge in [-0.1, -0.05) is 60.1 Å². The molecule has 1 amide bonds. The second-order valence-electron chi connectivity index (χ2n) is 4.75. The van der Waals surface area contributed by atoms with E-state index in [4.69, 9.17) is 11.6 Å². The summed E-state index contributed by atoms with van der Waals surface area (Å²) in [5, 5.41) is 11.3. The summed E-state index contributed by atoms with van der Waals surface area (Å²) in [4.78, 5) is 12.0. The number of rotatable bonds is 4. The lowest BCUT2D eigenvalue weighted by atomic mass is 10.1. The van der Waals surface area contributed by atoms with Crippen LogP contribution in [0.2, 0.25) is 5.02 Å². The van der Waals surface area contributed by atoms with Crippen molar-refractivity contribution < 1.29 is 4.79 Å². The fourth-order valence-corrected chi connectivity index (χ4v) is 2.18. The molecule has 0 aliphatic carbocycles. The van der Waals surface area contributed by atoms with Crippen molar-refractivity contribution in [2.24, 2.45) is 5.10 Å². The Morgan fingerprint density at radius 3 is 2.65 bits per heavy atom. The van der Waals surface area contributed by atoms with Gasteiger partial charge in [-0.05, 0) is 12.1 Å². The Morgan fingerprint density at radius 1 is 1.13 bits per heavy atom. The normalized spacial score (nSPS) is 10.8. The highest BCUT2D eigenvalue weighted by Gasteiger charge is 2.10. The molecular formula is C17H13ClN4O. The molecule has 0 aliphatic heterocycles. The summed E-state index contributed by atoms with van der Waals surface area (Å²) in [5.41, 5.74) is 5.13. The molecule has 3 rings (SSSR count). The summed E-state index contributed by atoms with van der Waals surface area (Å²) in [6.07, 6.45) is 1.49. The lowest BCUT2D eigenvalue weighted by Crippen LogP contribution is -2.18. The van der Waals surface area contributed by atoms with Crippen LogP contribution in [0.1, 0.15) is 16.1 Å². The molecule has 3 aromatic rings. The summed E-state index contributed by atoms with van der Waals surface area (Å²) in [6, 6.07) is 18.5. The van der Waals surface area contributed by atoms with Gasteiger partial charge >= 0.3 is 0 Å². The third kappa shape index (κ3) is 3.64. The van der Waals surface area contributed by atoms with E-state index in [1.165, 1.54) is 6.21 Å². The number of halogens is 1. The van der Waals surface area contributed by atoms with Crippen LogP contribution >= 0.6 is 11.6 Å². The van der Waals surface area contributed by atoms with Crippen molar-refractivity contribution in [1.29, 1.82) is 0 Å². The van der Waals surface area contributed by atoms with Gasteiger partial charge in [0.2, 0.25) is 0 Å². The smallest absolute Gasteiger partial charge is 0.272 e.